The Kier molecular flexibility index (Phi) is 2.19. The first kappa shape index (κ1) is 9.71. The van der Waals surface area contributed by atoms with Crippen molar-refractivity contribution < 1.29 is 4.39 Å². The summed E-state index contributed by atoms with van der Waals surface area (Å²) in [6.45, 7) is 3.99. The number of aromatic amines is 1. The van der Waals surface area contributed by atoms with Gasteiger partial charge in [0.1, 0.15) is 5.69 Å². The van der Waals surface area contributed by atoms with Crippen LogP contribution in [-0.2, 0) is 0 Å². The Bertz CT molecular complexity index is 503. The molecule has 2 rings (SSSR count). The molecule has 78 valence electrons. The lowest BCUT2D eigenvalue weighted by Gasteiger charge is -2.02. The Balaban J connectivity index is 2.55. The van der Waals surface area contributed by atoms with E-state index in [1.54, 1.807) is 0 Å². The lowest BCUT2D eigenvalue weighted by atomic mass is 10.0. The summed E-state index contributed by atoms with van der Waals surface area (Å²) in [5.74, 6) is -0.582. The molecule has 0 atom stereocenters. The predicted molar refractivity (Wildman–Crippen MR) is 57.9 cm³/mol. The molecule has 0 unspecified atom stereocenters. The number of nitrogens with one attached hydrogen (secondary N) is 1. The third-order valence-corrected chi connectivity index (χ3v) is 2.53. The Morgan fingerprint density at radius 2 is 2.00 bits per heavy atom. The Labute approximate surface area is 87.1 Å². The van der Waals surface area contributed by atoms with Crippen molar-refractivity contribution in [1.29, 1.82) is 0 Å². The van der Waals surface area contributed by atoms with Gasteiger partial charge in [-0.05, 0) is 31.0 Å². The van der Waals surface area contributed by atoms with Crippen LogP contribution in [0.2, 0.25) is 0 Å². The summed E-state index contributed by atoms with van der Waals surface area (Å²) < 4.78 is 13.5. The number of hydrogen-bond donors (Lipinski definition) is 2. The van der Waals surface area contributed by atoms with Gasteiger partial charge in [0.05, 0.1) is 0 Å². The number of aryl methyl sites for hydroxylation is 2. The number of H-pyrrole nitrogens is 1. The lowest BCUT2D eigenvalue weighted by molar-refractivity contribution is 0.636. The van der Waals surface area contributed by atoms with Gasteiger partial charge in [-0.3, -0.25) is 5.10 Å². The van der Waals surface area contributed by atoms with Gasteiger partial charge in [0.25, 0.3) is 0 Å². The summed E-state index contributed by atoms with van der Waals surface area (Å²) >= 11 is 0. The molecule has 2 aromatic rings. The minimum Gasteiger partial charge on any atom is -0.380 e. The van der Waals surface area contributed by atoms with Crippen molar-refractivity contribution >= 4 is 5.82 Å². The van der Waals surface area contributed by atoms with Gasteiger partial charge in [0, 0.05) is 5.56 Å². The second-order valence-corrected chi connectivity index (χ2v) is 3.60. The monoisotopic (exact) mass is 205 g/mol. The van der Waals surface area contributed by atoms with Crippen LogP contribution in [0.5, 0.6) is 0 Å². The van der Waals surface area contributed by atoms with Gasteiger partial charge < -0.3 is 5.73 Å². The van der Waals surface area contributed by atoms with Crippen LogP contribution in [0.4, 0.5) is 10.2 Å². The van der Waals surface area contributed by atoms with Crippen LogP contribution in [0.15, 0.2) is 18.2 Å². The molecule has 1 aromatic carbocycles. The lowest BCUT2D eigenvalue weighted by Crippen LogP contribution is -1.88. The molecule has 3 N–H and O–H groups in total. The van der Waals surface area contributed by atoms with E-state index in [1.807, 2.05) is 32.0 Å². The van der Waals surface area contributed by atoms with Crippen LogP contribution in [-0.4, -0.2) is 10.2 Å². The maximum absolute atomic E-state index is 13.5. The van der Waals surface area contributed by atoms with Gasteiger partial charge in [-0.25, -0.2) is 4.39 Å². The van der Waals surface area contributed by atoms with Crippen molar-refractivity contribution in [3.8, 4) is 11.3 Å². The van der Waals surface area contributed by atoms with Crippen molar-refractivity contribution in [2.45, 2.75) is 13.8 Å². The zero-order chi connectivity index (χ0) is 11.0. The average Bonchev–Trinajstić information content (AvgIpc) is 2.53. The second kappa shape index (κ2) is 3.38. The molecule has 0 saturated carbocycles. The van der Waals surface area contributed by atoms with Crippen LogP contribution in [0.25, 0.3) is 11.3 Å². The largest absolute Gasteiger partial charge is 0.380 e. The van der Waals surface area contributed by atoms with Gasteiger partial charge in [-0.15, -0.1) is 0 Å². The highest BCUT2D eigenvalue weighted by Crippen LogP contribution is 2.25. The zero-order valence-electron chi connectivity index (χ0n) is 8.63. The van der Waals surface area contributed by atoms with E-state index in [0.717, 1.165) is 11.1 Å². The highest BCUT2D eigenvalue weighted by atomic mass is 19.1. The molecule has 0 aliphatic rings. The first-order valence-electron chi connectivity index (χ1n) is 4.66. The number of nitrogens with two attached hydrogens (primary N) is 1. The van der Waals surface area contributed by atoms with E-state index >= 15 is 0 Å². The molecule has 1 heterocycles. The second-order valence-electron chi connectivity index (χ2n) is 3.60. The van der Waals surface area contributed by atoms with E-state index in [-0.39, 0.29) is 5.82 Å². The first-order valence-corrected chi connectivity index (χ1v) is 4.66. The summed E-state index contributed by atoms with van der Waals surface area (Å²) in [4.78, 5) is 0. The summed E-state index contributed by atoms with van der Waals surface area (Å²) in [6.07, 6.45) is 0. The van der Waals surface area contributed by atoms with Crippen LogP contribution in [0, 0.1) is 19.7 Å². The normalized spacial score (nSPS) is 10.6. The van der Waals surface area contributed by atoms with Gasteiger partial charge in [-0.2, -0.15) is 5.10 Å². The average molecular weight is 205 g/mol. The minimum atomic E-state index is -0.488. The molecule has 0 saturated heterocycles. The van der Waals surface area contributed by atoms with E-state index < -0.39 is 5.82 Å². The highest BCUT2D eigenvalue weighted by molar-refractivity contribution is 5.64. The third-order valence-electron chi connectivity index (χ3n) is 2.53. The number of halogens is 1. The summed E-state index contributed by atoms with van der Waals surface area (Å²) in [5, 5.41) is 6.21. The van der Waals surface area contributed by atoms with Crippen molar-refractivity contribution in [2.75, 3.05) is 5.73 Å². The fourth-order valence-electron chi connectivity index (χ4n) is 1.43. The van der Waals surface area contributed by atoms with Crippen LogP contribution in [0.3, 0.4) is 0 Å². The topological polar surface area (TPSA) is 54.7 Å². The number of benzene rings is 1. The summed E-state index contributed by atoms with van der Waals surface area (Å²) in [6, 6.07) is 5.70. The first-order chi connectivity index (χ1) is 7.09. The fourth-order valence-corrected chi connectivity index (χ4v) is 1.43. The Morgan fingerprint density at radius 3 is 2.53 bits per heavy atom. The molecule has 3 nitrogen and oxygen atoms in total. The molecule has 1 aromatic heterocycles. The SMILES string of the molecule is Cc1ccc(-c2[nH]nc(N)c2F)cc1C. The quantitative estimate of drug-likeness (QED) is 0.751. The Hall–Kier alpha value is -1.84. The molecule has 0 fully saturated rings. The maximum Gasteiger partial charge on any atom is 0.192 e. The molecule has 0 amide bonds. The van der Waals surface area contributed by atoms with Crippen molar-refractivity contribution in [3.05, 3.63) is 35.1 Å². The molecule has 4 heteroatoms. The number of aromatic nitrogens is 2. The fraction of sp³-hybridized carbons (Fsp3) is 0.182. The van der Waals surface area contributed by atoms with Crippen LogP contribution >= 0.6 is 0 Å². The van der Waals surface area contributed by atoms with Crippen LogP contribution in [0.1, 0.15) is 11.1 Å². The molecule has 15 heavy (non-hydrogen) atoms. The minimum absolute atomic E-state index is 0.0942. The van der Waals surface area contributed by atoms with Crippen LogP contribution < -0.4 is 5.73 Å². The van der Waals surface area contributed by atoms with E-state index in [9.17, 15) is 4.39 Å². The summed E-state index contributed by atoms with van der Waals surface area (Å²) in [5.41, 5.74) is 8.72. The molecule has 0 spiro atoms. The number of nitrogen functional groups attached to an aromatic ring is 1. The van der Waals surface area contributed by atoms with Crippen molar-refractivity contribution in [1.82, 2.24) is 10.2 Å². The van der Waals surface area contributed by atoms with E-state index in [0.29, 0.717) is 5.69 Å². The number of anilines is 1. The van der Waals surface area contributed by atoms with E-state index in [1.165, 1.54) is 5.56 Å². The zero-order valence-corrected chi connectivity index (χ0v) is 8.63. The molecule has 0 radical (unpaired) electrons. The standard InChI is InChI=1S/C11H12FN3/c1-6-3-4-8(5-7(6)2)10-9(12)11(13)15-14-10/h3-5H,1-2H3,(H3,13,14,15). The molecular weight excluding hydrogens is 193 g/mol. The van der Waals surface area contributed by atoms with Gasteiger partial charge in [0.15, 0.2) is 11.6 Å². The predicted octanol–water partition coefficient (Wildman–Crippen LogP) is 2.41. The number of rotatable bonds is 1. The maximum atomic E-state index is 13.5. The third kappa shape index (κ3) is 1.58. The Morgan fingerprint density at radius 1 is 1.27 bits per heavy atom. The number of nitrogens with zero attached hydrogens (tertiary/aromatic N) is 1. The van der Waals surface area contributed by atoms with Crippen molar-refractivity contribution in [3.63, 3.8) is 0 Å². The molecule has 0 aliphatic carbocycles. The summed E-state index contributed by atoms with van der Waals surface area (Å²) in [7, 11) is 0. The van der Waals surface area contributed by atoms with Crippen molar-refractivity contribution in [2.24, 2.45) is 0 Å². The highest BCUT2D eigenvalue weighted by Gasteiger charge is 2.12. The van der Waals surface area contributed by atoms with E-state index in [4.69, 9.17) is 5.73 Å². The molecule has 0 bridgehead atoms. The van der Waals surface area contributed by atoms with Gasteiger partial charge >= 0.3 is 0 Å². The van der Waals surface area contributed by atoms with Gasteiger partial charge in [0.2, 0.25) is 0 Å². The molecule has 0 aliphatic heterocycles. The van der Waals surface area contributed by atoms with Gasteiger partial charge in [-0.1, -0.05) is 12.1 Å². The smallest absolute Gasteiger partial charge is 0.192 e. The molecular formula is C11H12FN3. The number of hydrogen-bond acceptors (Lipinski definition) is 2. The van der Waals surface area contributed by atoms with E-state index in [2.05, 4.69) is 10.2 Å².